The van der Waals surface area contributed by atoms with E-state index >= 15 is 0 Å². The van der Waals surface area contributed by atoms with Crippen LogP contribution in [0.25, 0.3) is 0 Å². The zero-order chi connectivity index (χ0) is 16.0. The number of rotatable bonds is 8. The number of hydrogen-bond donors (Lipinski definition) is 0. The van der Waals surface area contributed by atoms with Crippen LogP contribution in [0.3, 0.4) is 0 Å². The summed E-state index contributed by atoms with van der Waals surface area (Å²) in [4.78, 5) is 5.66. The summed E-state index contributed by atoms with van der Waals surface area (Å²) < 4.78 is 5.43. The van der Waals surface area contributed by atoms with Crippen molar-refractivity contribution in [3.8, 4) is 0 Å². The Morgan fingerprint density at radius 2 is 1.91 bits per heavy atom. The molecule has 0 aliphatic carbocycles. The highest BCUT2D eigenvalue weighted by Gasteiger charge is 2.21. The van der Waals surface area contributed by atoms with Crippen LogP contribution in [0.4, 0.5) is 0 Å². The maximum absolute atomic E-state index is 5.43. The first-order chi connectivity index (χ1) is 10.5. The lowest BCUT2D eigenvalue weighted by molar-refractivity contribution is 0.0323. The van der Waals surface area contributed by atoms with E-state index in [1.54, 1.807) is 10.4 Å². The minimum absolute atomic E-state index is 0.428. The van der Waals surface area contributed by atoms with Crippen molar-refractivity contribution in [2.45, 2.75) is 59.8 Å². The standard InChI is InChI=1S/C19H33NOS/c1-5-6-18-17(15-16(2)22-18)7-8-19(3,4)9-10-20-11-13-21-14-12-20/h15H,5-14H2,1-4H3. The highest BCUT2D eigenvalue weighted by molar-refractivity contribution is 7.12. The van der Waals surface area contributed by atoms with Crippen LogP contribution in [0.15, 0.2) is 6.07 Å². The molecule has 1 fully saturated rings. The predicted octanol–water partition coefficient (Wildman–Crippen LogP) is 4.69. The average Bonchev–Trinajstić information content (AvgIpc) is 2.85. The van der Waals surface area contributed by atoms with E-state index in [-0.39, 0.29) is 0 Å². The lowest BCUT2D eigenvalue weighted by Gasteiger charge is -2.31. The Labute approximate surface area is 140 Å². The molecule has 2 heterocycles. The molecule has 0 spiro atoms. The second-order valence-electron chi connectivity index (χ2n) is 7.42. The summed E-state index contributed by atoms with van der Waals surface area (Å²) in [5.74, 6) is 0. The first-order valence-electron chi connectivity index (χ1n) is 8.88. The van der Waals surface area contributed by atoms with Crippen LogP contribution in [-0.2, 0) is 17.6 Å². The van der Waals surface area contributed by atoms with Gasteiger partial charge in [-0.2, -0.15) is 0 Å². The van der Waals surface area contributed by atoms with Crippen molar-refractivity contribution in [2.75, 3.05) is 32.8 Å². The SMILES string of the molecule is CCCc1sc(C)cc1CCC(C)(C)CCN1CCOCC1. The second-order valence-corrected chi connectivity index (χ2v) is 8.76. The average molecular weight is 324 g/mol. The molecular formula is C19H33NOS. The summed E-state index contributed by atoms with van der Waals surface area (Å²) in [5, 5.41) is 0. The third-order valence-corrected chi connectivity index (χ3v) is 5.93. The van der Waals surface area contributed by atoms with Crippen molar-refractivity contribution in [1.29, 1.82) is 0 Å². The van der Waals surface area contributed by atoms with E-state index < -0.39 is 0 Å². The normalized spacial score (nSPS) is 17.1. The van der Waals surface area contributed by atoms with Gasteiger partial charge in [0.15, 0.2) is 0 Å². The van der Waals surface area contributed by atoms with Gasteiger partial charge < -0.3 is 4.74 Å². The largest absolute Gasteiger partial charge is 0.379 e. The van der Waals surface area contributed by atoms with E-state index in [1.807, 2.05) is 11.3 Å². The van der Waals surface area contributed by atoms with Gasteiger partial charge in [-0.05, 0) is 56.2 Å². The van der Waals surface area contributed by atoms with E-state index in [0.717, 1.165) is 26.3 Å². The van der Waals surface area contributed by atoms with Gasteiger partial charge >= 0.3 is 0 Å². The number of nitrogens with zero attached hydrogens (tertiary/aromatic N) is 1. The summed E-state index contributed by atoms with van der Waals surface area (Å²) in [6.07, 6.45) is 6.34. The summed E-state index contributed by atoms with van der Waals surface area (Å²) in [6, 6.07) is 2.42. The first-order valence-corrected chi connectivity index (χ1v) is 9.70. The second kappa shape index (κ2) is 8.47. The molecule has 1 aromatic heterocycles. The van der Waals surface area contributed by atoms with Crippen LogP contribution in [0.5, 0.6) is 0 Å². The van der Waals surface area contributed by atoms with Crippen LogP contribution in [-0.4, -0.2) is 37.7 Å². The van der Waals surface area contributed by atoms with Crippen LogP contribution in [0.1, 0.15) is 55.4 Å². The molecule has 0 unspecified atom stereocenters. The summed E-state index contributed by atoms with van der Waals surface area (Å²) in [5.41, 5.74) is 2.04. The molecule has 2 nitrogen and oxygen atoms in total. The van der Waals surface area contributed by atoms with Gasteiger partial charge in [0.1, 0.15) is 0 Å². The van der Waals surface area contributed by atoms with Gasteiger partial charge in [-0.15, -0.1) is 11.3 Å². The minimum atomic E-state index is 0.428. The molecule has 0 amide bonds. The quantitative estimate of drug-likeness (QED) is 0.688. The summed E-state index contributed by atoms with van der Waals surface area (Å²) in [6.45, 7) is 14.7. The molecular weight excluding hydrogens is 290 g/mol. The van der Waals surface area contributed by atoms with Gasteiger partial charge in [0.05, 0.1) is 13.2 Å². The highest BCUT2D eigenvalue weighted by atomic mass is 32.1. The van der Waals surface area contributed by atoms with Crippen molar-refractivity contribution in [2.24, 2.45) is 5.41 Å². The highest BCUT2D eigenvalue weighted by Crippen LogP contribution is 2.31. The zero-order valence-electron chi connectivity index (χ0n) is 14.9. The number of aryl methyl sites for hydroxylation is 3. The monoisotopic (exact) mass is 323 g/mol. The Morgan fingerprint density at radius 1 is 1.18 bits per heavy atom. The van der Waals surface area contributed by atoms with Crippen LogP contribution < -0.4 is 0 Å². The third-order valence-electron chi connectivity index (χ3n) is 4.78. The van der Waals surface area contributed by atoms with Gasteiger partial charge in [0, 0.05) is 22.8 Å². The number of morpholine rings is 1. The molecule has 1 aliphatic rings. The van der Waals surface area contributed by atoms with E-state index in [2.05, 4.69) is 38.7 Å². The van der Waals surface area contributed by atoms with Gasteiger partial charge in [-0.25, -0.2) is 0 Å². The number of thiophene rings is 1. The molecule has 0 bridgehead atoms. The molecule has 3 heteroatoms. The number of hydrogen-bond acceptors (Lipinski definition) is 3. The Kier molecular flexibility index (Phi) is 6.91. The predicted molar refractivity (Wildman–Crippen MR) is 97.0 cm³/mol. The smallest absolute Gasteiger partial charge is 0.0594 e. The molecule has 1 aromatic rings. The first kappa shape index (κ1) is 18.0. The number of ether oxygens (including phenoxy) is 1. The fourth-order valence-electron chi connectivity index (χ4n) is 3.15. The Balaban J connectivity index is 1.81. The lowest BCUT2D eigenvalue weighted by atomic mass is 9.83. The maximum atomic E-state index is 5.43. The van der Waals surface area contributed by atoms with Gasteiger partial charge in [0.2, 0.25) is 0 Å². The molecule has 0 aromatic carbocycles. The van der Waals surface area contributed by atoms with E-state index in [1.165, 1.54) is 43.5 Å². The Morgan fingerprint density at radius 3 is 2.59 bits per heavy atom. The van der Waals surface area contributed by atoms with Gasteiger partial charge in [-0.1, -0.05) is 27.2 Å². The van der Waals surface area contributed by atoms with Crippen molar-refractivity contribution in [1.82, 2.24) is 4.90 Å². The molecule has 22 heavy (non-hydrogen) atoms. The fraction of sp³-hybridized carbons (Fsp3) is 0.789. The third kappa shape index (κ3) is 5.68. The Hall–Kier alpha value is -0.380. The molecule has 2 rings (SSSR count). The molecule has 0 radical (unpaired) electrons. The summed E-state index contributed by atoms with van der Waals surface area (Å²) in [7, 11) is 0. The van der Waals surface area contributed by atoms with E-state index in [4.69, 9.17) is 4.74 Å². The van der Waals surface area contributed by atoms with Gasteiger partial charge in [0.25, 0.3) is 0 Å². The fourth-order valence-corrected chi connectivity index (χ4v) is 4.34. The molecule has 1 saturated heterocycles. The van der Waals surface area contributed by atoms with Crippen molar-refractivity contribution < 1.29 is 4.74 Å². The van der Waals surface area contributed by atoms with Crippen molar-refractivity contribution in [3.05, 3.63) is 21.4 Å². The topological polar surface area (TPSA) is 12.5 Å². The van der Waals surface area contributed by atoms with Gasteiger partial charge in [-0.3, -0.25) is 4.90 Å². The van der Waals surface area contributed by atoms with Crippen molar-refractivity contribution >= 4 is 11.3 Å². The molecule has 1 aliphatic heterocycles. The lowest BCUT2D eigenvalue weighted by Crippen LogP contribution is -2.38. The maximum Gasteiger partial charge on any atom is 0.0594 e. The van der Waals surface area contributed by atoms with E-state index in [0.29, 0.717) is 5.41 Å². The molecule has 0 atom stereocenters. The zero-order valence-corrected chi connectivity index (χ0v) is 15.7. The van der Waals surface area contributed by atoms with Crippen molar-refractivity contribution in [3.63, 3.8) is 0 Å². The Bertz CT molecular complexity index is 446. The summed E-state index contributed by atoms with van der Waals surface area (Å²) >= 11 is 2.00. The molecule has 0 N–H and O–H groups in total. The van der Waals surface area contributed by atoms with Crippen LogP contribution >= 0.6 is 11.3 Å². The molecule has 126 valence electrons. The molecule has 0 saturated carbocycles. The van der Waals surface area contributed by atoms with Crippen LogP contribution in [0, 0.1) is 12.3 Å². The van der Waals surface area contributed by atoms with E-state index in [9.17, 15) is 0 Å². The van der Waals surface area contributed by atoms with Crippen LogP contribution in [0.2, 0.25) is 0 Å². The minimum Gasteiger partial charge on any atom is -0.379 e.